The third-order valence-corrected chi connectivity index (χ3v) is 5.32. The van der Waals surface area contributed by atoms with E-state index in [0.717, 1.165) is 11.1 Å². The second kappa shape index (κ2) is 11.4. The molecule has 33 heavy (non-hydrogen) atoms. The van der Waals surface area contributed by atoms with Gasteiger partial charge in [0.15, 0.2) is 11.5 Å². The Kier molecular flexibility index (Phi) is 8.37. The number of hydrogen-bond donors (Lipinski definition) is 1. The van der Waals surface area contributed by atoms with Gasteiger partial charge in [0.1, 0.15) is 18.2 Å². The van der Waals surface area contributed by atoms with Gasteiger partial charge in [-0.05, 0) is 61.4 Å². The van der Waals surface area contributed by atoms with Crippen molar-refractivity contribution < 1.29 is 14.3 Å². The summed E-state index contributed by atoms with van der Waals surface area (Å²) in [5, 5.41) is 13.4. The van der Waals surface area contributed by atoms with E-state index in [1.54, 1.807) is 42.5 Å². The molecule has 0 saturated heterocycles. The number of carbonyl (C=O) groups excluding carboxylic acids is 1. The first kappa shape index (κ1) is 24.2. The molecule has 0 unspecified atom stereocenters. The van der Waals surface area contributed by atoms with Crippen molar-refractivity contribution >= 4 is 40.9 Å². The fraction of sp³-hybridized carbons (Fsp3) is 0.154. The van der Waals surface area contributed by atoms with Crippen molar-refractivity contribution in [1.29, 1.82) is 5.26 Å². The number of para-hydroxylation sites is 1. The number of nitrogens with zero attached hydrogens (tertiary/aromatic N) is 1. The standard InChI is InChI=1S/C26H22Cl2N2O3/c1-3-32-25-13-18(8-11-24(25)33-16-19-9-10-21(27)14-22(19)28)12-20(15-29)26(31)30-23-7-5-4-6-17(23)2/h4-14H,3,16H2,1-2H3,(H,30,31)/b20-12-. The Bertz CT molecular complexity index is 1230. The number of nitrogens with one attached hydrogen (secondary N) is 1. The summed E-state index contributed by atoms with van der Waals surface area (Å²) in [5.41, 5.74) is 2.95. The number of halogens is 2. The van der Waals surface area contributed by atoms with Crippen LogP contribution in [0.4, 0.5) is 5.69 Å². The van der Waals surface area contributed by atoms with Crippen molar-refractivity contribution in [2.45, 2.75) is 20.5 Å². The van der Waals surface area contributed by atoms with Crippen LogP contribution in [0.1, 0.15) is 23.6 Å². The summed E-state index contributed by atoms with van der Waals surface area (Å²) in [4.78, 5) is 12.6. The maximum absolute atomic E-state index is 12.6. The number of benzene rings is 3. The molecule has 5 nitrogen and oxygen atoms in total. The van der Waals surface area contributed by atoms with Crippen LogP contribution in [-0.2, 0) is 11.4 Å². The minimum Gasteiger partial charge on any atom is -0.490 e. The zero-order chi connectivity index (χ0) is 23.8. The molecule has 0 aliphatic carbocycles. The number of hydrogen-bond acceptors (Lipinski definition) is 4. The van der Waals surface area contributed by atoms with E-state index >= 15 is 0 Å². The smallest absolute Gasteiger partial charge is 0.266 e. The van der Waals surface area contributed by atoms with Gasteiger partial charge in [-0.2, -0.15) is 5.26 Å². The quantitative estimate of drug-likeness (QED) is 0.283. The van der Waals surface area contributed by atoms with E-state index in [1.165, 1.54) is 6.08 Å². The zero-order valence-electron chi connectivity index (χ0n) is 18.2. The molecular weight excluding hydrogens is 459 g/mol. The van der Waals surface area contributed by atoms with Gasteiger partial charge in [-0.3, -0.25) is 4.79 Å². The van der Waals surface area contributed by atoms with Gasteiger partial charge >= 0.3 is 0 Å². The first-order chi connectivity index (χ1) is 15.9. The summed E-state index contributed by atoms with van der Waals surface area (Å²) in [5.74, 6) is 0.526. The molecular formula is C26H22Cl2N2O3. The van der Waals surface area contributed by atoms with Gasteiger partial charge in [-0.1, -0.05) is 53.5 Å². The largest absolute Gasteiger partial charge is 0.490 e. The highest BCUT2D eigenvalue weighted by Gasteiger charge is 2.13. The lowest BCUT2D eigenvalue weighted by molar-refractivity contribution is -0.112. The number of rotatable bonds is 8. The molecule has 0 fully saturated rings. The lowest BCUT2D eigenvalue weighted by Gasteiger charge is -2.13. The molecule has 0 heterocycles. The van der Waals surface area contributed by atoms with E-state index < -0.39 is 5.91 Å². The second-order valence-electron chi connectivity index (χ2n) is 7.10. The lowest BCUT2D eigenvalue weighted by atomic mass is 10.1. The summed E-state index contributed by atoms with van der Waals surface area (Å²) in [6.45, 7) is 4.39. The van der Waals surface area contributed by atoms with Crippen LogP contribution in [0.15, 0.2) is 66.2 Å². The summed E-state index contributed by atoms with van der Waals surface area (Å²) in [6.07, 6.45) is 1.51. The van der Waals surface area contributed by atoms with E-state index in [1.807, 2.05) is 38.1 Å². The Balaban J connectivity index is 1.80. The number of carbonyl (C=O) groups is 1. The maximum atomic E-state index is 12.6. The van der Waals surface area contributed by atoms with E-state index in [9.17, 15) is 10.1 Å². The normalized spacial score (nSPS) is 10.9. The molecule has 3 rings (SSSR count). The highest BCUT2D eigenvalue weighted by atomic mass is 35.5. The van der Waals surface area contributed by atoms with Crippen LogP contribution < -0.4 is 14.8 Å². The van der Waals surface area contributed by atoms with Crippen LogP contribution in [0.2, 0.25) is 10.0 Å². The average Bonchev–Trinajstić information content (AvgIpc) is 2.79. The molecule has 0 saturated carbocycles. The van der Waals surface area contributed by atoms with Gasteiger partial charge in [0, 0.05) is 21.3 Å². The lowest BCUT2D eigenvalue weighted by Crippen LogP contribution is -2.14. The van der Waals surface area contributed by atoms with Gasteiger partial charge < -0.3 is 14.8 Å². The Labute approximate surface area is 203 Å². The summed E-state index contributed by atoms with van der Waals surface area (Å²) in [6, 6.07) is 19.7. The van der Waals surface area contributed by atoms with Gasteiger partial charge in [-0.25, -0.2) is 0 Å². The van der Waals surface area contributed by atoms with Gasteiger partial charge in [0.2, 0.25) is 0 Å². The van der Waals surface area contributed by atoms with Crippen molar-refractivity contribution in [3.8, 4) is 17.6 Å². The van der Waals surface area contributed by atoms with Crippen LogP contribution in [0.25, 0.3) is 6.08 Å². The highest BCUT2D eigenvalue weighted by molar-refractivity contribution is 6.35. The van der Waals surface area contributed by atoms with Crippen LogP contribution in [0.3, 0.4) is 0 Å². The predicted molar refractivity (Wildman–Crippen MR) is 132 cm³/mol. The Morgan fingerprint density at radius 3 is 2.55 bits per heavy atom. The van der Waals surface area contributed by atoms with Crippen LogP contribution in [0, 0.1) is 18.3 Å². The molecule has 0 bridgehead atoms. The molecule has 0 atom stereocenters. The SMILES string of the molecule is CCOc1cc(/C=C(/C#N)C(=O)Nc2ccccc2C)ccc1OCc1ccc(Cl)cc1Cl. The second-order valence-corrected chi connectivity index (χ2v) is 7.95. The van der Waals surface area contributed by atoms with Crippen molar-refractivity contribution in [2.75, 3.05) is 11.9 Å². The number of anilines is 1. The van der Waals surface area contributed by atoms with Crippen LogP contribution in [-0.4, -0.2) is 12.5 Å². The molecule has 168 valence electrons. The topological polar surface area (TPSA) is 71.3 Å². The number of ether oxygens (including phenoxy) is 2. The van der Waals surface area contributed by atoms with E-state index in [4.69, 9.17) is 32.7 Å². The van der Waals surface area contributed by atoms with Crippen molar-refractivity contribution in [3.63, 3.8) is 0 Å². The fourth-order valence-corrected chi connectivity index (χ4v) is 3.48. The Hall–Kier alpha value is -3.46. The highest BCUT2D eigenvalue weighted by Crippen LogP contribution is 2.31. The van der Waals surface area contributed by atoms with Crippen molar-refractivity contribution in [3.05, 3.63) is 93.0 Å². The van der Waals surface area contributed by atoms with Gasteiger partial charge in [-0.15, -0.1) is 0 Å². The molecule has 3 aromatic rings. The van der Waals surface area contributed by atoms with E-state index in [-0.39, 0.29) is 12.2 Å². The molecule has 0 aliphatic heterocycles. The van der Waals surface area contributed by atoms with Gasteiger partial charge in [0.05, 0.1) is 6.61 Å². The zero-order valence-corrected chi connectivity index (χ0v) is 19.7. The Morgan fingerprint density at radius 1 is 1.06 bits per heavy atom. The number of aryl methyl sites for hydroxylation is 1. The minimum atomic E-state index is -0.484. The van der Waals surface area contributed by atoms with E-state index in [0.29, 0.717) is 39.4 Å². The van der Waals surface area contributed by atoms with Gasteiger partial charge in [0.25, 0.3) is 5.91 Å². The molecule has 3 aromatic carbocycles. The van der Waals surface area contributed by atoms with E-state index in [2.05, 4.69) is 5.32 Å². The third-order valence-electron chi connectivity index (χ3n) is 4.74. The molecule has 7 heteroatoms. The third kappa shape index (κ3) is 6.52. The Morgan fingerprint density at radius 2 is 1.85 bits per heavy atom. The minimum absolute atomic E-state index is 0.0256. The summed E-state index contributed by atoms with van der Waals surface area (Å²) in [7, 11) is 0. The number of amides is 1. The van der Waals surface area contributed by atoms with Crippen molar-refractivity contribution in [2.24, 2.45) is 0 Å². The summed E-state index contributed by atoms with van der Waals surface area (Å²) >= 11 is 12.2. The predicted octanol–water partition coefficient (Wildman–Crippen LogP) is 6.83. The summed E-state index contributed by atoms with van der Waals surface area (Å²) < 4.78 is 11.6. The monoisotopic (exact) mass is 480 g/mol. The molecule has 0 spiro atoms. The molecule has 0 radical (unpaired) electrons. The first-order valence-electron chi connectivity index (χ1n) is 10.2. The first-order valence-corrected chi connectivity index (χ1v) is 11.0. The maximum Gasteiger partial charge on any atom is 0.266 e. The molecule has 0 aliphatic rings. The number of nitriles is 1. The molecule has 1 N–H and O–H groups in total. The fourth-order valence-electron chi connectivity index (χ4n) is 3.01. The van der Waals surface area contributed by atoms with Crippen LogP contribution in [0.5, 0.6) is 11.5 Å². The average molecular weight is 481 g/mol. The molecule has 1 amide bonds. The molecule has 0 aromatic heterocycles. The van der Waals surface area contributed by atoms with Crippen molar-refractivity contribution in [1.82, 2.24) is 0 Å². The van der Waals surface area contributed by atoms with Crippen LogP contribution >= 0.6 is 23.2 Å².